The lowest BCUT2D eigenvalue weighted by atomic mass is 10.2. The fourth-order valence-electron chi connectivity index (χ4n) is 2.04. The van der Waals surface area contributed by atoms with E-state index in [0.29, 0.717) is 12.3 Å². The van der Waals surface area contributed by atoms with Gasteiger partial charge in [0.2, 0.25) is 0 Å². The molecule has 0 aliphatic carbocycles. The second kappa shape index (κ2) is 4.59. The highest BCUT2D eigenvalue weighted by atomic mass is 79.9. The van der Waals surface area contributed by atoms with E-state index in [2.05, 4.69) is 15.9 Å². The molecule has 1 aromatic carbocycles. The summed E-state index contributed by atoms with van der Waals surface area (Å²) in [4.78, 5) is 10.8. The Balaban J connectivity index is 1.96. The van der Waals surface area contributed by atoms with Crippen molar-refractivity contribution in [2.45, 2.75) is 6.54 Å². The lowest BCUT2D eigenvalue weighted by Gasteiger charge is -2.03. The smallest absolute Gasteiger partial charge is 0.338 e. The minimum atomic E-state index is -0.977. The minimum Gasteiger partial charge on any atom is -0.478 e. The van der Waals surface area contributed by atoms with Crippen molar-refractivity contribution in [3.8, 4) is 0 Å². The summed E-state index contributed by atoms with van der Waals surface area (Å²) in [5.41, 5.74) is 1.25. The van der Waals surface area contributed by atoms with Crippen LogP contribution in [0.1, 0.15) is 16.1 Å². The quantitative estimate of drug-likeness (QED) is 0.800. The molecule has 0 saturated carbocycles. The van der Waals surface area contributed by atoms with Crippen molar-refractivity contribution in [3.05, 3.63) is 58.6 Å². The summed E-state index contributed by atoms with van der Waals surface area (Å²) in [5.74, 6) is -0.356. The Bertz CT molecular complexity index is 757. The monoisotopic (exact) mass is 319 g/mol. The number of aromatic nitrogens is 1. The lowest BCUT2D eigenvalue weighted by molar-refractivity contribution is 0.0696. The molecule has 0 aliphatic rings. The molecular weight excluding hydrogens is 310 g/mol. The summed E-state index contributed by atoms with van der Waals surface area (Å²) in [7, 11) is 0. The van der Waals surface area contributed by atoms with Crippen molar-refractivity contribution in [2.75, 3.05) is 0 Å². The molecule has 0 aliphatic heterocycles. The number of nitrogens with zero attached hydrogens (tertiary/aromatic N) is 1. The molecule has 0 saturated heterocycles. The Labute approximate surface area is 117 Å². The van der Waals surface area contributed by atoms with Gasteiger partial charge in [0.15, 0.2) is 0 Å². The molecule has 1 N–H and O–H groups in total. The molecule has 2 heterocycles. The zero-order valence-corrected chi connectivity index (χ0v) is 11.4. The summed E-state index contributed by atoms with van der Waals surface area (Å²) in [6, 6.07) is 9.61. The molecule has 4 nitrogen and oxygen atoms in total. The number of aromatic carboxylic acids is 1. The minimum absolute atomic E-state index is 0.174. The van der Waals surface area contributed by atoms with Crippen LogP contribution >= 0.6 is 15.9 Å². The second-order valence-corrected chi connectivity index (χ2v) is 5.17. The Morgan fingerprint density at radius 1 is 1.32 bits per heavy atom. The van der Waals surface area contributed by atoms with E-state index < -0.39 is 5.97 Å². The van der Waals surface area contributed by atoms with Gasteiger partial charge in [0.05, 0.1) is 12.1 Å². The molecule has 0 radical (unpaired) electrons. The maximum absolute atomic E-state index is 10.8. The van der Waals surface area contributed by atoms with E-state index in [1.165, 1.54) is 6.26 Å². The van der Waals surface area contributed by atoms with E-state index in [1.54, 1.807) is 6.07 Å². The van der Waals surface area contributed by atoms with Gasteiger partial charge in [0.25, 0.3) is 0 Å². The third kappa shape index (κ3) is 2.29. The van der Waals surface area contributed by atoms with Crippen LogP contribution in [0.5, 0.6) is 0 Å². The average molecular weight is 320 g/mol. The fourth-order valence-corrected chi connectivity index (χ4v) is 2.39. The molecule has 3 aromatic rings. The molecule has 0 atom stereocenters. The molecule has 0 unspecified atom stereocenters. The Morgan fingerprint density at radius 3 is 2.89 bits per heavy atom. The first kappa shape index (κ1) is 12.0. The molecule has 0 amide bonds. The van der Waals surface area contributed by atoms with E-state index in [1.807, 2.05) is 35.0 Å². The van der Waals surface area contributed by atoms with Crippen LogP contribution in [-0.2, 0) is 6.54 Å². The normalized spacial score (nSPS) is 11.0. The predicted octanol–water partition coefficient (Wildman–Crippen LogP) is 3.74. The maximum Gasteiger partial charge on any atom is 0.338 e. The number of furan rings is 1. The first-order valence-electron chi connectivity index (χ1n) is 5.68. The SMILES string of the molecule is O=C(O)c1coc(Cn2ccc3ccc(Br)cc32)c1. The number of carbonyl (C=O) groups is 1. The molecule has 0 spiro atoms. The third-order valence-electron chi connectivity index (χ3n) is 2.96. The van der Waals surface area contributed by atoms with Crippen molar-refractivity contribution in [1.29, 1.82) is 0 Å². The van der Waals surface area contributed by atoms with E-state index in [9.17, 15) is 4.79 Å². The van der Waals surface area contributed by atoms with E-state index in [4.69, 9.17) is 9.52 Å². The number of carboxylic acid groups (broad SMARTS) is 1. The van der Waals surface area contributed by atoms with E-state index in [-0.39, 0.29) is 5.56 Å². The van der Waals surface area contributed by atoms with Gasteiger partial charge in [-0.3, -0.25) is 0 Å². The number of carboxylic acids is 1. The van der Waals surface area contributed by atoms with Gasteiger partial charge >= 0.3 is 5.97 Å². The largest absolute Gasteiger partial charge is 0.478 e. The van der Waals surface area contributed by atoms with E-state index >= 15 is 0 Å². The summed E-state index contributed by atoms with van der Waals surface area (Å²) >= 11 is 3.45. The van der Waals surface area contributed by atoms with Gasteiger partial charge in [-0.1, -0.05) is 22.0 Å². The summed E-state index contributed by atoms with van der Waals surface area (Å²) in [6.45, 7) is 0.507. The van der Waals surface area contributed by atoms with Crippen LogP contribution in [0.3, 0.4) is 0 Å². The number of rotatable bonds is 3. The number of fused-ring (bicyclic) bond motifs is 1. The highest BCUT2D eigenvalue weighted by molar-refractivity contribution is 9.10. The Kier molecular flexibility index (Phi) is 2.91. The first-order valence-corrected chi connectivity index (χ1v) is 6.48. The van der Waals surface area contributed by atoms with Gasteiger partial charge < -0.3 is 14.1 Å². The zero-order valence-electron chi connectivity index (χ0n) is 9.84. The number of benzene rings is 1. The van der Waals surface area contributed by atoms with Crippen LogP contribution in [0.25, 0.3) is 10.9 Å². The molecule has 19 heavy (non-hydrogen) atoms. The summed E-state index contributed by atoms with van der Waals surface area (Å²) < 4.78 is 8.29. The zero-order chi connectivity index (χ0) is 13.4. The molecule has 0 fully saturated rings. The van der Waals surface area contributed by atoms with Crippen LogP contribution in [0.4, 0.5) is 0 Å². The molecular formula is C14H10BrNO3. The van der Waals surface area contributed by atoms with Crippen molar-refractivity contribution >= 4 is 32.8 Å². The van der Waals surface area contributed by atoms with Gasteiger partial charge in [-0.25, -0.2) is 4.79 Å². The van der Waals surface area contributed by atoms with Crippen LogP contribution in [0, 0.1) is 0 Å². The van der Waals surface area contributed by atoms with Crippen LogP contribution in [0.2, 0.25) is 0 Å². The highest BCUT2D eigenvalue weighted by Gasteiger charge is 2.09. The topological polar surface area (TPSA) is 55.4 Å². The summed E-state index contributed by atoms with van der Waals surface area (Å²) in [5, 5.41) is 9.99. The Hall–Kier alpha value is -2.01. The molecule has 5 heteroatoms. The highest BCUT2D eigenvalue weighted by Crippen LogP contribution is 2.22. The van der Waals surface area contributed by atoms with Crippen molar-refractivity contribution in [2.24, 2.45) is 0 Å². The van der Waals surface area contributed by atoms with Crippen LogP contribution in [-0.4, -0.2) is 15.6 Å². The number of halogens is 1. The van der Waals surface area contributed by atoms with Crippen molar-refractivity contribution in [1.82, 2.24) is 4.57 Å². The average Bonchev–Trinajstić information content (AvgIpc) is 2.98. The van der Waals surface area contributed by atoms with E-state index in [0.717, 1.165) is 15.4 Å². The van der Waals surface area contributed by atoms with Gasteiger partial charge in [0.1, 0.15) is 12.0 Å². The second-order valence-electron chi connectivity index (χ2n) is 4.25. The van der Waals surface area contributed by atoms with Crippen LogP contribution < -0.4 is 0 Å². The molecule has 0 bridgehead atoms. The van der Waals surface area contributed by atoms with Gasteiger partial charge in [-0.05, 0) is 29.7 Å². The maximum atomic E-state index is 10.8. The van der Waals surface area contributed by atoms with Crippen molar-refractivity contribution < 1.29 is 14.3 Å². The fraction of sp³-hybridized carbons (Fsp3) is 0.0714. The van der Waals surface area contributed by atoms with Crippen LogP contribution in [0.15, 0.2) is 51.7 Å². The lowest BCUT2D eigenvalue weighted by Crippen LogP contribution is -1.97. The van der Waals surface area contributed by atoms with Crippen molar-refractivity contribution in [3.63, 3.8) is 0 Å². The van der Waals surface area contributed by atoms with Gasteiger partial charge in [0, 0.05) is 16.2 Å². The molecule has 96 valence electrons. The first-order chi connectivity index (χ1) is 9.13. The van der Waals surface area contributed by atoms with Gasteiger partial charge in [-0.15, -0.1) is 0 Å². The molecule has 2 aromatic heterocycles. The van der Waals surface area contributed by atoms with Gasteiger partial charge in [-0.2, -0.15) is 0 Å². The Morgan fingerprint density at radius 2 is 2.16 bits per heavy atom. The number of hydrogen-bond acceptors (Lipinski definition) is 2. The number of hydrogen-bond donors (Lipinski definition) is 1. The third-order valence-corrected chi connectivity index (χ3v) is 3.46. The standard InChI is InChI=1S/C14H10BrNO3/c15-11-2-1-9-3-4-16(13(9)6-11)7-12-5-10(8-19-12)14(17)18/h1-6,8H,7H2,(H,17,18). The predicted molar refractivity (Wildman–Crippen MR) is 74.4 cm³/mol. The summed E-state index contributed by atoms with van der Waals surface area (Å²) in [6.07, 6.45) is 3.22. The molecule has 3 rings (SSSR count).